The van der Waals surface area contributed by atoms with Gasteiger partial charge in [-0.15, -0.1) is 0 Å². The van der Waals surface area contributed by atoms with Crippen molar-refractivity contribution < 1.29 is 4.79 Å². The Morgan fingerprint density at radius 1 is 1.33 bits per heavy atom. The van der Waals surface area contributed by atoms with Gasteiger partial charge in [0.2, 0.25) is 0 Å². The highest BCUT2D eigenvalue weighted by Crippen LogP contribution is 1.95. The molecule has 0 aromatic heterocycles. The fourth-order valence-electron chi connectivity index (χ4n) is 0.436. The third-order valence-corrected chi connectivity index (χ3v) is 0.841. The standard InChI is InChI=1S/C8H10O/c1-4-8(5-2)6-7(3)9/h4-6H,1-2H2,3H3. The average molecular weight is 122 g/mol. The second-order valence-electron chi connectivity index (χ2n) is 1.66. The predicted molar refractivity (Wildman–Crippen MR) is 39.2 cm³/mol. The quantitative estimate of drug-likeness (QED) is 0.412. The van der Waals surface area contributed by atoms with E-state index in [-0.39, 0.29) is 5.78 Å². The van der Waals surface area contributed by atoms with Crippen molar-refractivity contribution >= 4 is 5.78 Å². The first-order valence-electron chi connectivity index (χ1n) is 2.68. The highest BCUT2D eigenvalue weighted by atomic mass is 16.1. The van der Waals surface area contributed by atoms with Gasteiger partial charge in [0.25, 0.3) is 0 Å². The van der Waals surface area contributed by atoms with Crippen LogP contribution in [0.25, 0.3) is 0 Å². The fraction of sp³-hybridized carbons (Fsp3) is 0.125. The maximum absolute atomic E-state index is 10.4. The van der Waals surface area contributed by atoms with Crippen molar-refractivity contribution in [2.45, 2.75) is 6.92 Å². The van der Waals surface area contributed by atoms with Gasteiger partial charge < -0.3 is 0 Å². The highest BCUT2D eigenvalue weighted by molar-refractivity contribution is 5.88. The van der Waals surface area contributed by atoms with Crippen molar-refractivity contribution in [1.82, 2.24) is 0 Å². The summed E-state index contributed by atoms with van der Waals surface area (Å²) in [5, 5.41) is 0. The summed E-state index contributed by atoms with van der Waals surface area (Å²) in [7, 11) is 0. The second-order valence-corrected chi connectivity index (χ2v) is 1.66. The lowest BCUT2D eigenvalue weighted by Gasteiger charge is -1.86. The maximum atomic E-state index is 10.4. The van der Waals surface area contributed by atoms with Gasteiger partial charge in [-0.3, -0.25) is 4.79 Å². The van der Waals surface area contributed by atoms with E-state index in [1.54, 1.807) is 12.2 Å². The SMILES string of the molecule is C=CC(C=C)=CC(C)=O. The third-order valence-electron chi connectivity index (χ3n) is 0.841. The van der Waals surface area contributed by atoms with Crippen LogP contribution < -0.4 is 0 Å². The van der Waals surface area contributed by atoms with Crippen LogP contribution in [0.15, 0.2) is 37.0 Å². The van der Waals surface area contributed by atoms with Crippen molar-refractivity contribution in [1.29, 1.82) is 0 Å². The van der Waals surface area contributed by atoms with Crippen molar-refractivity contribution in [2.75, 3.05) is 0 Å². The van der Waals surface area contributed by atoms with Gasteiger partial charge in [0.1, 0.15) is 0 Å². The van der Waals surface area contributed by atoms with E-state index >= 15 is 0 Å². The van der Waals surface area contributed by atoms with Gasteiger partial charge in [0, 0.05) is 0 Å². The second kappa shape index (κ2) is 3.84. The summed E-state index contributed by atoms with van der Waals surface area (Å²) in [4.78, 5) is 10.4. The summed E-state index contributed by atoms with van der Waals surface area (Å²) in [6.45, 7) is 8.48. The number of rotatable bonds is 3. The first kappa shape index (κ1) is 7.89. The van der Waals surface area contributed by atoms with Crippen molar-refractivity contribution in [3.63, 3.8) is 0 Å². The average Bonchev–Trinajstić information content (AvgIpc) is 1.82. The van der Waals surface area contributed by atoms with Crippen LogP contribution >= 0.6 is 0 Å². The Balaban J connectivity index is 4.24. The Hall–Kier alpha value is -1.11. The number of allylic oxidation sites excluding steroid dienone is 4. The Bertz CT molecular complexity index is 153. The van der Waals surface area contributed by atoms with E-state index in [1.165, 1.54) is 13.0 Å². The normalized spacial score (nSPS) is 7.67. The monoisotopic (exact) mass is 122 g/mol. The van der Waals surface area contributed by atoms with Crippen LogP contribution in [-0.4, -0.2) is 5.78 Å². The Morgan fingerprint density at radius 3 is 1.89 bits per heavy atom. The van der Waals surface area contributed by atoms with E-state index in [4.69, 9.17) is 0 Å². The lowest BCUT2D eigenvalue weighted by Crippen LogP contribution is -1.82. The molecule has 0 bridgehead atoms. The van der Waals surface area contributed by atoms with E-state index in [0.717, 1.165) is 5.57 Å². The molecule has 0 heterocycles. The molecule has 0 N–H and O–H groups in total. The summed E-state index contributed by atoms with van der Waals surface area (Å²) in [6.07, 6.45) is 4.67. The minimum atomic E-state index is 0.0183. The predicted octanol–water partition coefficient (Wildman–Crippen LogP) is 1.87. The van der Waals surface area contributed by atoms with E-state index in [9.17, 15) is 4.79 Å². The zero-order valence-corrected chi connectivity index (χ0v) is 5.55. The Labute approximate surface area is 55.4 Å². The van der Waals surface area contributed by atoms with E-state index in [0.29, 0.717) is 0 Å². The van der Waals surface area contributed by atoms with Gasteiger partial charge in [0.15, 0.2) is 5.78 Å². The molecule has 0 atom stereocenters. The molecular formula is C8H10O. The molecule has 9 heavy (non-hydrogen) atoms. The molecule has 0 aromatic rings. The number of hydrogen-bond acceptors (Lipinski definition) is 1. The van der Waals surface area contributed by atoms with Gasteiger partial charge in [-0.25, -0.2) is 0 Å². The largest absolute Gasteiger partial charge is 0.295 e. The van der Waals surface area contributed by atoms with Gasteiger partial charge in [0.05, 0.1) is 0 Å². The van der Waals surface area contributed by atoms with Crippen LogP contribution in [-0.2, 0) is 4.79 Å². The summed E-state index contributed by atoms with van der Waals surface area (Å²) >= 11 is 0. The van der Waals surface area contributed by atoms with E-state index < -0.39 is 0 Å². The minimum Gasteiger partial charge on any atom is -0.295 e. The van der Waals surface area contributed by atoms with Crippen molar-refractivity contribution in [3.05, 3.63) is 37.0 Å². The number of carbonyl (C=O) groups is 1. The minimum absolute atomic E-state index is 0.0183. The molecule has 0 rings (SSSR count). The molecule has 0 saturated heterocycles. The lowest BCUT2D eigenvalue weighted by atomic mass is 10.2. The molecule has 0 spiro atoms. The molecule has 0 saturated carbocycles. The summed E-state index contributed by atoms with van der Waals surface area (Å²) in [5.41, 5.74) is 0.766. The van der Waals surface area contributed by atoms with Crippen molar-refractivity contribution in [3.8, 4) is 0 Å². The maximum Gasteiger partial charge on any atom is 0.153 e. The third kappa shape index (κ3) is 3.47. The van der Waals surface area contributed by atoms with Crippen LogP contribution in [0.5, 0.6) is 0 Å². The Morgan fingerprint density at radius 2 is 1.78 bits per heavy atom. The molecule has 0 aromatic carbocycles. The molecule has 0 aliphatic rings. The zero-order chi connectivity index (χ0) is 7.28. The molecule has 0 amide bonds. The van der Waals surface area contributed by atoms with Crippen LogP contribution in [0.2, 0.25) is 0 Å². The van der Waals surface area contributed by atoms with Crippen LogP contribution in [0.1, 0.15) is 6.92 Å². The topological polar surface area (TPSA) is 17.1 Å². The summed E-state index contributed by atoms with van der Waals surface area (Å²) in [6, 6.07) is 0. The van der Waals surface area contributed by atoms with Crippen LogP contribution in [0, 0.1) is 0 Å². The molecule has 0 aliphatic carbocycles. The zero-order valence-electron chi connectivity index (χ0n) is 5.55. The van der Waals surface area contributed by atoms with Crippen LogP contribution in [0.3, 0.4) is 0 Å². The molecule has 0 fully saturated rings. The lowest BCUT2D eigenvalue weighted by molar-refractivity contribution is -0.112. The first-order chi connectivity index (χ1) is 4.20. The molecule has 48 valence electrons. The number of hydrogen-bond donors (Lipinski definition) is 0. The van der Waals surface area contributed by atoms with Crippen molar-refractivity contribution in [2.24, 2.45) is 0 Å². The first-order valence-corrected chi connectivity index (χ1v) is 2.68. The number of ketones is 1. The fourth-order valence-corrected chi connectivity index (χ4v) is 0.436. The molecule has 0 unspecified atom stereocenters. The molecule has 1 heteroatoms. The summed E-state index contributed by atoms with van der Waals surface area (Å²) < 4.78 is 0. The van der Waals surface area contributed by atoms with Gasteiger partial charge in [-0.05, 0) is 18.6 Å². The van der Waals surface area contributed by atoms with Crippen LogP contribution in [0.4, 0.5) is 0 Å². The van der Waals surface area contributed by atoms with Gasteiger partial charge in [-0.1, -0.05) is 25.3 Å². The van der Waals surface area contributed by atoms with E-state index in [2.05, 4.69) is 13.2 Å². The van der Waals surface area contributed by atoms with Gasteiger partial charge in [-0.2, -0.15) is 0 Å². The van der Waals surface area contributed by atoms with Gasteiger partial charge >= 0.3 is 0 Å². The smallest absolute Gasteiger partial charge is 0.153 e. The van der Waals surface area contributed by atoms with E-state index in [1.807, 2.05) is 0 Å². The number of carbonyl (C=O) groups excluding carboxylic acids is 1. The molecular weight excluding hydrogens is 112 g/mol. The molecule has 0 radical (unpaired) electrons. The highest BCUT2D eigenvalue weighted by Gasteiger charge is 1.85. The Kier molecular flexibility index (Phi) is 3.37. The summed E-state index contributed by atoms with van der Waals surface area (Å²) in [5.74, 6) is 0.0183. The molecule has 0 aliphatic heterocycles. The molecule has 1 nitrogen and oxygen atoms in total.